The predicted octanol–water partition coefficient (Wildman–Crippen LogP) is 6.34. The Morgan fingerprint density at radius 3 is 1.56 bits per heavy atom. The molecule has 9 aromatic rings. The highest BCUT2D eigenvalue weighted by Gasteiger charge is 2.33. The second kappa shape index (κ2) is 39.7. The Bertz CT molecular complexity index is 4820. The number of amides is 9. The van der Waals surface area contributed by atoms with E-state index >= 15 is 0 Å². The molecule has 9 N–H and O–H groups in total. The van der Waals surface area contributed by atoms with Crippen LogP contribution in [0.2, 0.25) is 5.02 Å². The van der Waals surface area contributed by atoms with Gasteiger partial charge in [0.25, 0.3) is 29.5 Å². The number of anilines is 5. The van der Waals surface area contributed by atoms with Crippen molar-refractivity contribution in [2.75, 3.05) is 125 Å². The minimum Gasteiger partial charge on any atom is -0.491 e. The second-order valence-corrected chi connectivity index (χ2v) is 27.3. The maximum atomic E-state index is 13.6. The van der Waals surface area contributed by atoms with Crippen molar-refractivity contribution >= 4 is 110 Å². The van der Waals surface area contributed by atoms with Gasteiger partial charge in [-0.2, -0.15) is 0 Å². The van der Waals surface area contributed by atoms with Crippen LogP contribution in [0.1, 0.15) is 118 Å². The summed E-state index contributed by atoms with van der Waals surface area (Å²) in [5, 5.41) is 35.2. The van der Waals surface area contributed by atoms with Crippen molar-refractivity contribution in [3.63, 3.8) is 0 Å². The third-order valence-corrected chi connectivity index (χ3v) is 18.9. The number of nitrogens with zero attached hydrogens (tertiary/aromatic N) is 10. The Labute approximate surface area is 648 Å². The molecule has 0 radical (unpaired) electrons. The number of imidazole rings is 1. The van der Waals surface area contributed by atoms with E-state index in [1.165, 1.54) is 48.9 Å². The van der Waals surface area contributed by atoms with Gasteiger partial charge in [0.15, 0.2) is 11.6 Å². The van der Waals surface area contributed by atoms with Gasteiger partial charge in [-0.3, -0.25) is 52.7 Å². The number of aryl methyl sites for hydroxylation is 7. The fraction of sp³-hybridized carbons (Fsp3) is 0.373. The molecule has 2 aromatic carbocycles. The molecule has 34 nitrogen and oxygen atoms in total. The summed E-state index contributed by atoms with van der Waals surface area (Å²) in [7, 11) is 8.19. The number of carbonyl (C=O) groups is 9. The number of rotatable bonds is 41. The lowest BCUT2D eigenvalue weighted by atomic mass is 9.99. The number of nitrogens with one attached hydrogen (secondary N) is 9. The van der Waals surface area contributed by atoms with Gasteiger partial charge < -0.3 is 99.1 Å². The van der Waals surface area contributed by atoms with Gasteiger partial charge >= 0.3 is 0 Å². The first-order chi connectivity index (χ1) is 53.5. The minimum absolute atomic E-state index is 0.0109. The van der Waals surface area contributed by atoms with Crippen LogP contribution in [0, 0.1) is 20.8 Å². The van der Waals surface area contributed by atoms with E-state index in [1.807, 2.05) is 35.8 Å². The molecule has 1 aliphatic rings. The molecule has 1 aliphatic heterocycles. The Kier molecular flexibility index (Phi) is 29.3. The summed E-state index contributed by atoms with van der Waals surface area (Å²) in [5.74, 6) is -1.77. The van der Waals surface area contributed by atoms with Crippen molar-refractivity contribution in [3.05, 3.63) is 177 Å². The number of fused-ring (bicyclic) bond motifs is 3. The monoisotopic (exact) mass is 1560 g/mol. The van der Waals surface area contributed by atoms with Gasteiger partial charge in [-0.05, 0) is 87.0 Å². The van der Waals surface area contributed by atoms with Crippen LogP contribution < -0.4 is 52.6 Å². The van der Waals surface area contributed by atoms with Crippen LogP contribution >= 0.6 is 22.9 Å². The Morgan fingerprint density at radius 2 is 1.00 bits per heavy atom. The number of hydrogen-bond acceptors (Lipinski definition) is 20. The third-order valence-electron chi connectivity index (χ3n) is 17.4. The molecule has 0 unspecified atom stereocenters. The van der Waals surface area contributed by atoms with Crippen LogP contribution in [-0.2, 0) is 78.1 Å². The molecular formula is C75H90ClN19O15S. The number of aliphatic imine (C=N–C) groups is 1. The van der Waals surface area contributed by atoms with E-state index in [4.69, 9.17) is 45.0 Å². The molecule has 0 bridgehead atoms. The fourth-order valence-corrected chi connectivity index (χ4v) is 13.1. The summed E-state index contributed by atoms with van der Waals surface area (Å²) in [6.45, 7) is 10.2. The number of halogens is 1. The highest BCUT2D eigenvalue weighted by Crippen LogP contribution is 2.40. The van der Waals surface area contributed by atoms with Gasteiger partial charge in [-0.1, -0.05) is 23.7 Å². The van der Waals surface area contributed by atoms with Crippen molar-refractivity contribution < 1.29 is 71.6 Å². The fourth-order valence-electron chi connectivity index (χ4n) is 11.7. The van der Waals surface area contributed by atoms with Crippen molar-refractivity contribution in [3.8, 4) is 10.8 Å². The van der Waals surface area contributed by atoms with E-state index in [0.717, 1.165) is 32.3 Å². The van der Waals surface area contributed by atoms with Gasteiger partial charge in [-0.25, -0.2) is 4.98 Å². The molecule has 0 spiro atoms. The molecule has 1 atom stereocenters. The summed E-state index contributed by atoms with van der Waals surface area (Å²) >= 11 is 7.91. The van der Waals surface area contributed by atoms with Gasteiger partial charge in [0.05, 0.1) is 101 Å². The zero-order valence-corrected chi connectivity index (χ0v) is 64.4. The highest BCUT2D eigenvalue weighted by atomic mass is 35.5. The third kappa shape index (κ3) is 22.8. The van der Waals surface area contributed by atoms with E-state index < -0.39 is 47.4 Å². The van der Waals surface area contributed by atoms with Crippen LogP contribution in [0.4, 0.5) is 28.4 Å². The smallest absolute Gasteiger partial charge is 0.291 e. The Hall–Kier alpha value is -11.6. The topological polar surface area (TPSA) is 398 Å². The number of benzene rings is 2. The molecule has 7 aromatic heterocycles. The second-order valence-electron chi connectivity index (χ2n) is 25.7. The normalized spacial score (nSPS) is 12.3. The lowest BCUT2D eigenvalue weighted by Gasteiger charge is -2.13. The molecule has 111 heavy (non-hydrogen) atoms. The molecule has 9 amide bonds. The number of thiophene rings is 1. The molecule has 0 aliphatic carbocycles. The first-order valence-electron chi connectivity index (χ1n) is 35.7. The lowest BCUT2D eigenvalue weighted by Crippen LogP contribution is -2.33. The van der Waals surface area contributed by atoms with E-state index in [1.54, 1.807) is 106 Å². The summed E-state index contributed by atoms with van der Waals surface area (Å²) in [4.78, 5) is 128. The van der Waals surface area contributed by atoms with Gasteiger partial charge in [-0.15, -0.1) is 21.5 Å². The number of carbonyl (C=O) groups excluding carboxylic acids is 9. The summed E-state index contributed by atoms with van der Waals surface area (Å²) < 4.78 is 43.4. The molecule has 10 rings (SSSR count). The van der Waals surface area contributed by atoms with Crippen LogP contribution in [-0.4, -0.2) is 200 Å². The van der Waals surface area contributed by atoms with Crippen molar-refractivity contribution in [1.82, 2.24) is 63.9 Å². The van der Waals surface area contributed by atoms with Crippen molar-refractivity contribution in [2.45, 2.75) is 52.5 Å². The molecule has 36 heteroatoms. The van der Waals surface area contributed by atoms with E-state index in [0.29, 0.717) is 111 Å². The van der Waals surface area contributed by atoms with E-state index in [9.17, 15) is 43.2 Å². The van der Waals surface area contributed by atoms with Gasteiger partial charge in [0.1, 0.15) is 52.0 Å². The SMILES string of the molecule is Cc1sc2c(c1C)C(c1ccc(Cl)cc1)=N[C@@H](CC(=O)Nc1ccc(OCCOCCOCCOCCOCCOCCNC(=O)CCNC(=O)c3cc(NC(=O)CCNC(=O)c4c(NC(=O)c5cc(NC(=O)CCNC(=O)c6cc(NC(=O)c7nccn7C)cn6C)cn5C)ccn4C)cn3C)cc1)c1nnc(C)n1-2. The summed E-state index contributed by atoms with van der Waals surface area (Å²) in [5.41, 5.74) is 6.37. The zero-order chi connectivity index (χ0) is 79.1. The van der Waals surface area contributed by atoms with Gasteiger partial charge in [0, 0.05) is 145 Å². The highest BCUT2D eigenvalue weighted by molar-refractivity contribution is 7.15. The zero-order valence-electron chi connectivity index (χ0n) is 62.8. The number of aromatic nitrogens is 9. The summed E-state index contributed by atoms with van der Waals surface area (Å²) in [6, 6.07) is 20.1. The molecule has 0 fully saturated rings. The van der Waals surface area contributed by atoms with Crippen LogP contribution in [0.5, 0.6) is 5.75 Å². The number of ether oxygens (including phenoxy) is 6. The molecule has 0 saturated heterocycles. The molecular weight excluding hydrogens is 1470 g/mol. The molecule has 588 valence electrons. The van der Waals surface area contributed by atoms with Crippen LogP contribution in [0.25, 0.3) is 5.00 Å². The van der Waals surface area contributed by atoms with Crippen molar-refractivity contribution in [1.29, 1.82) is 0 Å². The predicted molar refractivity (Wildman–Crippen MR) is 414 cm³/mol. The minimum atomic E-state index is -0.600. The average Bonchev–Trinajstić information content (AvgIpc) is 1.61. The maximum absolute atomic E-state index is 13.6. The van der Waals surface area contributed by atoms with Gasteiger partial charge in [0.2, 0.25) is 23.6 Å². The lowest BCUT2D eigenvalue weighted by molar-refractivity contribution is -0.121. The largest absolute Gasteiger partial charge is 0.491 e. The van der Waals surface area contributed by atoms with E-state index in [2.05, 4.69) is 76.9 Å². The first kappa shape index (κ1) is 81.9. The van der Waals surface area contributed by atoms with Crippen molar-refractivity contribution in [2.24, 2.45) is 40.2 Å². The molecule has 8 heterocycles. The number of hydrogen-bond donors (Lipinski definition) is 9. The average molecular weight is 1570 g/mol. The first-order valence-corrected chi connectivity index (χ1v) is 36.9. The Morgan fingerprint density at radius 1 is 0.486 bits per heavy atom. The standard InChI is InChI=1S/C75H90ClN19O15S/c1-46-47(2)111-75-65(46)66(49-9-11-50(76)12-10-49)86-57(68-89-88-48(3)95(68)75)42-64(99)82-51-13-15-55(16-14-51)110-38-37-109-36-35-108-34-33-107-32-31-106-30-29-105-28-25-77-61(96)17-21-79-70(100)58-39-52(43-92(58)6)83-63(98)19-23-81-73(103)67-56(20-26-90(67)4)87-72(102)60-40-53(44-94(60)8)84-62(97)18-22-80-71(101)59-41-54(45-93(59)7)85-74(104)69-78-24-27-91(69)5/h9-16,20,24,26-27,39-41,43-45,57H,17-19,21-23,25,28-38,42H2,1-8H3,(H,77,96)(H,79,100)(H,80,101)(H,81,103)(H,82,99)(H,83,98)(H,84,97)(H,85,104)(H,87,102)/t57-/m0/s1. The summed E-state index contributed by atoms with van der Waals surface area (Å²) in [6.07, 6.45) is 9.23. The van der Waals surface area contributed by atoms with E-state index in [-0.39, 0.29) is 105 Å². The molecule has 0 saturated carbocycles. The van der Waals surface area contributed by atoms with Crippen LogP contribution in [0.15, 0.2) is 115 Å². The Balaban J connectivity index is 0.506. The maximum Gasteiger partial charge on any atom is 0.291 e. The van der Waals surface area contributed by atoms with Crippen LogP contribution in [0.3, 0.4) is 0 Å². The quantitative estimate of drug-likeness (QED) is 0.0189.